The van der Waals surface area contributed by atoms with Crippen molar-refractivity contribution < 1.29 is 4.79 Å². The number of nitrogens with one attached hydrogen (secondary N) is 2. The van der Waals surface area contributed by atoms with Gasteiger partial charge in [0.15, 0.2) is 0 Å². The van der Waals surface area contributed by atoms with Gasteiger partial charge in [0, 0.05) is 12.2 Å². The molecule has 0 aromatic heterocycles. The van der Waals surface area contributed by atoms with Gasteiger partial charge in [0.05, 0.1) is 5.92 Å². The summed E-state index contributed by atoms with van der Waals surface area (Å²) in [5.74, 6) is 0.120. The van der Waals surface area contributed by atoms with E-state index < -0.39 is 0 Å². The van der Waals surface area contributed by atoms with Gasteiger partial charge >= 0.3 is 0 Å². The van der Waals surface area contributed by atoms with E-state index in [4.69, 9.17) is 0 Å². The molecule has 0 saturated heterocycles. The maximum atomic E-state index is 12.1. The number of carbonyl (C=O) groups excluding carboxylic acids is 1. The molecule has 1 atom stereocenters. The molecule has 0 aliphatic carbocycles. The lowest BCUT2D eigenvalue weighted by Crippen LogP contribution is -2.30. The van der Waals surface area contributed by atoms with Crippen LogP contribution in [-0.4, -0.2) is 19.5 Å². The first-order valence-electron chi connectivity index (χ1n) is 6.53. The average Bonchev–Trinajstić information content (AvgIpc) is 2.36. The van der Waals surface area contributed by atoms with E-state index in [2.05, 4.69) is 37.5 Å². The van der Waals surface area contributed by atoms with E-state index in [1.54, 1.807) is 0 Å². The SMILES string of the molecule is CCC(CNC)C(=O)Nc1ccc(C)c(C)c1C. The van der Waals surface area contributed by atoms with Gasteiger partial charge in [-0.2, -0.15) is 0 Å². The summed E-state index contributed by atoms with van der Waals surface area (Å²) < 4.78 is 0. The number of benzene rings is 1. The summed E-state index contributed by atoms with van der Waals surface area (Å²) in [7, 11) is 1.87. The Labute approximate surface area is 110 Å². The Balaban J connectivity index is 2.85. The van der Waals surface area contributed by atoms with Gasteiger partial charge in [-0.1, -0.05) is 13.0 Å². The van der Waals surface area contributed by atoms with Gasteiger partial charge in [-0.25, -0.2) is 0 Å². The van der Waals surface area contributed by atoms with Crippen molar-refractivity contribution >= 4 is 11.6 Å². The number of amides is 1. The van der Waals surface area contributed by atoms with Crippen LogP contribution in [0.1, 0.15) is 30.0 Å². The van der Waals surface area contributed by atoms with Gasteiger partial charge in [-0.15, -0.1) is 0 Å². The van der Waals surface area contributed by atoms with Crippen molar-refractivity contribution in [3.05, 3.63) is 28.8 Å². The van der Waals surface area contributed by atoms with Crippen molar-refractivity contribution in [2.24, 2.45) is 5.92 Å². The molecule has 18 heavy (non-hydrogen) atoms. The summed E-state index contributed by atoms with van der Waals surface area (Å²) >= 11 is 0. The molecule has 3 nitrogen and oxygen atoms in total. The fraction of sp³-hybridized carbons (Fsp3) is 0.533. The third-order valence-electron chi connectivity index (χ3n) is 3.63. The Morgan fingerprint density at radius 3 is 2.44 bits per heavy atom. The number of hydrogen-bond donors (Lipinski definition) is 2. The molecule has 1 aromatic rings. The molecule has 0 aliphatic rings. The van der Waals surface area contributed by atoms with E-state index in [0.29, 0.717) is 6.54 Å². The molecular formula is C15H24N2O. The van der Waals surface area contributed by atoms with E-state index in [1.165, 1.54) is 11.1 Å². The quantitative estimate of drug-likeness (QED) is 0.841. The molecule has 0 fully saturated rings. The number of aryl methyl sites for hydroxylation is 1. The normalized spacial score (nSPS) is 12.3. The highest BCUT2D eigenvalue weighted by molar-refractivity contribution is 5.93. The second-order valence-corrected chi connectivity index (χ2v) is 4.83. The minimum absolute atomic E-state index is 0.0241. The molecule has 0 spiro atoms. The van der Waals surface area contributed by atoms with Crippen LogP contribution < -0.4 is 10.6 Å². The second kappa shape index (κ2) is 6.55. The summed E-state index contributed by atoms with van der Waals surface area (Å²) in [6.45, 7) is 8.98. The molecule has 1 unspecified atom stereocenters. The van der Waals surface area contributed by atoms with Crippen molar-refractivity contribution in [1.29, 1.82) is 0 Å². The zero-order chi connectivity index (χ0) is 13.7. The van der Waals surface area contributed by atoms with Crippen LogP contribution >= 0.6 is 0 Å². The van der Waals surface area contributed by atoms with Crippen LogP contribution in [0.25, 0.3) is 0 Å². The van der Waals surface area contributed by atoms with Crippen LogP contribution in [-0.2, 0) is 4.79 Å². The lowest BCUT2D eigenvalue weighted by atomic mass is 10.0. The Hall–Kier alpha value is -1.35. The monoisotopic (exact) mass is 248 g/mol. The number of rotatable bonds is 5. The summed E-state index contributed by atoms with van der Waals surface area (Å²) in [5, 5.41) is 6.09. The highest BCUT2D eigenvalue weighted by Gasteiger charge is 2.16. The third-order valence-corrected chi connectivity index (χ3v) is 3.63. The molecule has 1 rings (SSSR count). The molecule has 0 aliphatic heterocycles. The van der Waals surface area contributed by atoms with Crippen LogP contribution in [0.5, 0.6) is 0 Å². The minimum atomic E-state index is 0.0241. The molecule has 0 radical (unpaired) electrons. The van der Waals surface area contributed by atoms with Crippen LogP contribution in [0.15, 0.2) is 12.1 Å². The van der Waals surface area contributed by atoms with Crippen LogP contribution in [0, 0.1) is 26.7 Å². The fourth-order valence-electron chi connectivity index (χ4n) is 2.00. The summed E-state index contributed by atoms with van der Waals surface area (Å²) in [5.41, 5.74) is 4.59. The van der Waals surface area contributed by atoms with Crippen molar-refractivity contribution in [3.63, 3.8) is 0 Å². The molecule has 0 heterocycles. The standard InChI is InChI=1S/C15H24N2O/c1-6-13(9-16-5)15(18)17-14-8-7-10(2)11(3)12(14)4/h7-8,13,16H,6,9H2,1-5H3,(H,17,18). The van der Waals surface area contributed by atoms with E-state index >= 15 is 0 Å². The minimum Gasteiger partial charge on any atom is -0.326 e. The van der Waals surface area contributed by atoms with Gasteiger partial charge < -0.3 is 10.6 Å². The lowest BCUT2D eigenvalue weighted by molar-refractivity contribution is -0.119. The van der Waals surface area contributed by atoms with Gasteiger partial charge in [-0.05, 0) is 57.0 Å². The maximum absolute atomic E-state index is 12.1. The molecule has 100 valence electrons. The van der Waals surface area contributed by atoms with Gasteiger partial charge in [0.1, 0.15) is 0 Å². The number of carbonyl (C=O) groups is 1. The Morgan fingerprint density at radius 2 is 1.89 bits per heavy atom. The van der Waals surface area contributed by atoms with Crippen molar-refractivity contribution in [1.82, 2.24) is 5.32 Å². The predicted molar refractivity (Wildman–Crippen MR) is 77.0 cm³/mol. The average molecular weight is 248 g/mol. The molecule has 2 N–H and O–H groups in total. The first kappa shape index (κ1) is 14.7. The van der Waals surface area contributed by atoms with E-state index in [9.17, 15) is 4.79 Å². The first-order chi connectivity index (χ1) is 8.51. The third kappa shape index (κ3) is 3.33. The Morgan fingerprint density at radius 1 is 1.22 bits per heavy atom. The molecule has 0 saturated carbocycles. The molecule has 1 aromatic carbocycles. The second-order valence-electron chi connectivity index (χ2n) is 4.83. The summed E-state index contributed by atoms with van der Waals surface area (Å²) in [6, 6.07) is 4.04. The highest BCUT2D eigenvalue weighted by atomic mass is 16.1. The summed E-state index contributed by atoms with van der Waals surface area (Å²) in [4.78, 5) is 12.1. The zero-order valence-electron chi connectivity index (χ0n) is 12.1. The first-order valence-corrected chi connectivity index (χ1v) is 6.53. The van der Waals surface area contributed by atoms with E-state index in [1.807, 2.05) is 20.0 Å². The smallest absolute Gasteiger partial charge is 0.228 e. The molecule has 3 heteroatoms. The van der Waals surface area contributed by atoms with Gasteiger partial charge in [-0.3, -0.25) is 4.79 Å². The maximum Gasteiger partial charge on any atom is 0.228 e. The van der Waals surface area contributed by atoms with Gasteiger partial charge in [0.25, 0.3) is 0 Å². The molecular weight excluding hydrogens is 224 g/mol. The van der Waals surface area contributed by atoms with Crippen LogP contribution in [0.2, 0.25) is 0 Å². The van der Waals surface area contributed by atoms with Crippen LogP contribution in [0.4, 0.5) is 5.69 Å². The highest BCUT2D eigenvalue weighted by Crippen LogP contribution is 2.22. The van der Waals surface area contributed by atoms with Crippen molar-refractivity contribution in [2.75, 3.05) is 18.9 Å². The van der Waals surface area contributed by atoms with E-state index in [0.717, 1.165) is 17.7 Å². The molecule has 0 bridgehead atoms. The van der Waals surface area contributed by atoms with Crippen molar-refractivity contribution in [3.8, 4) is 0 Å². The Bertz CT molecular complexity index is 427. The van der Waals surface area contributed by atoms with E-state index in [-0.39, 0.29) is 11.8 Å². The fourth-order valence-corrected chi connectivity index (χ4v) is 2.00. The topological polar surface area (TPSA) is 41.1 Å². The lowest BCUT2D eigenvalue weighted by Gasteiger charge is -2.17. The zero-order valence-corrected chi connectivity index (χ0v) is 12.1. The predicted octanol–water partition coefficient (Wildman–Crippen LogP) is 2.80. The Kier molecular flexibility index (Phi) is 5.35. The van der Waals surface area contributed by atoms with Crippen LogP contribution in [0.3, 0.4) is 0 Å². The molecule has 1 amide bonds. The van der Waals surface area contributed by atoms with Crippen molar-refractivity contribution in [2.45, 2.75) is 34.1 Å². The summed E-state index contributed by atoms with van der Waals surface area (Å²) in [6.07, 6.45) is 0.844. The van der Waals surface area contributed by atoms with Gasteiger partial charge in [0.2, 0.25) is 5.91 Å². The number of hydrogen-bond acceptors (Lipinski definition) is 2. The number of anilines is 1. The largest absolute Gasteiger partial charge is 0.326 e.